The number of para-hydroxylation sites is 1. The van der Waals surface area contributed by atoms with E-state index in [-0.39, 0.29) is 17.3 Å². The summed E-state index contributed by atoms with van der Waals surface area (Å²) in [7, 11) is 1.55. The summed E-state index contributed by atoms with van der Waals surface area (Å²) in [6, 6.07) is 25.5. The number of fused-ring (bicyclic) bond motifs is 5. The van der Waals surface area contributed by atoms with Gasteiger partial charge in [-0.05, 0) is 53.6 Å². The van der Waals surface area contributed by atoms with E-state index in [4.69, 9.17) is 4.74 Å². The molecule has 5 nitrogen and oxygen atoms in total. The summed E-state index contributed by atoms with van der Waals surface area (Å²) in [6.07, 6.45) is 3.80. The van der Waals surface area contributed by atoms with Gasteiger partial charge in [-0.25, -0.2) is 4.39 Å². The van der Waals surface area contributed by atoms with Crippen molar-refractivity contribution in [1.82, 2.24) is 0 Å². The van der Waals surface area contributed by atoms with Crippen LogP contribution in [-0.4, -0.2) is 36.5 Å². The van der Waals surface area contributed by atoms with Gasteiger partial charge in [-0.1, -0.05) is 66.7 Å². The van der Waals surface area contributed by atoms with Gasteiger partial charge in [0.2, 0.25) is 0 Å². The SMILES string of the molecule is COc1ccc(C(=O)[C@H]2[C@H](c3ccc(F)cc3)C3(C(=O)c4ccccc4C3=O)C3C=Cc4ccccc4N32)cc1. The van der Waals surface area contributed by atoms with Crippen LogP contribution in [0.3, 0.4) is 0 Å². The predicted octanol–water partition coefficient (Wildman–Crippen LogP) is 6.15. The first kappa shape index (κ1) is 24.2. The van der Waals surface area contributed by atoms with E-state index in [2.05, 4.69) is 0 Å². The molecular formula is C34H24FNO4. The van der Waals surface area contributed by atoms with E-state index in [1.807, 2.05) is 41.3 Å². The molecule has 1 fully saturated rings. The second-order valence-corrected chi connectivity index (χ2v) is 10.4. The fourth-order valence-electron chi connectivity index (χ4n) is 6.89. The zero-order valence-electron chi connectivity index (χ0n) is 21.6. The summed E-state index contributed by atoms with van der Waals surface area (Å²) >= 11 is 0. The number of carbonyl (C=O) groups excluding carboxylic acids is 3. The number of ether oxygens (including phenoxy) is 1. The van der Waals surface area contributed by atoms with Gasteiger partial charge in [0.05, 0.1) is 13.2 Å². The number of Topliss-reactive ketones (excluding diaryl/α,β-unsaturated/α-hetero) is 3. The Hall–Kier alpha value is -4.84. The number of halogens is 1. The quantitative estimate of drug-likeness (QED) is 0.234. The summed E-state index contributed by atoms with van der Waals surface area (Å²) in [5, 5.41) is 0. The number of methoxy groups -OCH3 is 1. The van der Waals surface area contributed by atoms with Gasteiger partial charge in [0.1, 0.15) is 23.0 Å². The zero-order chi connectivity index (χ0) is 27.6. The summed E-state index contributed by atoms with van der Waals surface area (Å²) < 4.78 is 19.5. The van der Waals surface area contributed by atoms with E-state index in [1.54, 1.807) is 67.8 Å². The highest BCUT2D eigenvalue weighted by Crippen LogP contribution is 2.60. The van der Waals surface area contributed by atoms with Gasteiger partial charge in [0.25, 0.3) is 0 Å². The van der Waals surface area contributed by atoms with Crippen molar-refractivity contribution in [3.8, 4) is 5.75 Å². The minimum Gasteiger partial charge on any atom is -0.497 e. The molecule has 4 aromatic rings. The zero-order valence-corrected chi connectivity index (χ0v) is 21.6. The molecule has 1 aliphatic carbocycles. The molecule has 0 N–H and O–H groups in total. The average molecular weight is 530 g/mol. The van der Waals surface area contributed by atoms with Crippen molar-refractivity contribution in [3.05, 3.63) is 137 Å². The monoisotopic (exact) mass is 529 g/mol. The highest BCUT2D eigenvalue weighted by Gasteiger charge is 2.71. The van der Waals surface area contributed by atoms with Gasteiger partial charge < -0.3 is 9.64 Å². The lowest BCUT2D eigenvalue weighted by Crippen LogP contribution is -2.48. The molecule has 0 bridgehead atoms. The van der Waals surface area contributed by atoms with Gasteiger partial charge >= 0.3 is 0 Å². The second-order valence-electron chi connectivity index (χ2n) is 10.4. The van der Waals surface area contributed by atoms with Crippen LogP contribution in [0.5, 0.6) is 5.75 Å². The molecule has 2 aliphatic heterocycles. The fourth-order valence-corrected chi connectivity index (χ4v) is 6.89. The highest BCUT2D eigenvalue weighted by molar-refractivity contribution is 6.32. The highest BCUT2D eigenvalue weighted by atomic mass is 19.1. The van der Waals surface area contributed by atoms with E-state index in [0.717, 1.165) is 11.3 Å². The smallest absolute Gasteiger partial charge is 0.185 e. The number of ketones is 3. The summed E-state index contributed by atoms with van der Waals surface area (Å²) in [4.78, 5) is 45.6. The van der Waals surface area contributed by atoms with Crippen molar-refractivity contribution in [2.45, 2.75) is 18.0 Å². The molecule has 1 spiro atoms. The van der Waals surface area contributed by atoms with Crippen molar-refractivity contribution in [2.24, 2.45) is 5.41 Å². The van der Waals surface area contributed by atoms with Crippen LogP contribution in [0, 0.1) is 11.2 Å². The Morgan fingerprint density at radius 2 is 1.45 bits per heavy atom. The summed E-state index contributed by atoms with van der Waals surface area (Å²) in [5.74, 6) is -1.58. The van der Waals surface area contributed by atoms with Crippen molar-refractivity contribution < 1.29 is 23.5 Å². The molecule has 3 atom stereocenters. The molecular weight excluding hydrogens is 505 g/mol. The number of rotatable bonds is 4. The molecule has 40 heavy (non-hydrogen) atoms. The van der Waals surface area contributed by atoms with Crippen LogP contribution in [-0.2, 0) is 0 Å². The normalized spacial score (nSPS) is 21.8. The van der Waals surface area contributed by atoms with E-state index >= 15 is 0 Å². The lowest BCUT2D eigenvalue weighted by atomic mass is 9.64. The molecule has 1 saturated heterocycles. The molecule has 2 heterocycles. The molecule has 3 aliphatic rings. The minimum absolute atomic E-state index is 0.236. The Kier molecular flexibility index (Phi) is 5.36. The van der Waals surface area contributed by atoms with Crippen LogP contribution in [0.15, 0.2) is 103 Å². The largest absolute Gasteiger partial charge is 0.497 e. The van der Waals surface area contributed by atoms with E-state index in [1.165, 1.54) is 12.1 Å². The molecule has 196 valence electrons. The van der Waals surface area contributed by atoms with Crippen molar-refractivity contribution >= 4 is 29.1 Å². The van der Waals surface area contributed by atoms with Crippen LogP contribution < -0.4 is 9.64 Å². The number of hydrogen-bond acceptors (Lipinski definition) is 5. The third kappa shape index (κ3) is 3.16. The minimum atomic E-state index is -1.61. The number of carbonyl (C=O) groups is 3. The van der Waals surface area contributed by atoms with Crippen LogP contribution in [0.1, 0.15) is 48.1 Å². The van der Waals surface area contributed by atoms with E-state index in [0.29, 0.717) is 28.0 Å². The average Bonchev–Trinajstić information content (AvgIpc) is 3.43. The standard InChI is InChI=1S/C34H24FNO4/c1-40-24-17-12-22(13-18-24)31(37)30-29(21-10-15-23(35)16-11-21)34(32(38)25-7-3-4-8-26(25)33(34)39)28-19-14-20-6-2-5-9-27(20)36(28)30/h2-19,28-30H,1H3/t28?,29-,30+/m0/s1. The number of benzene rings is 4. The maximum atomic E-state index is 14.6. The van der Waals surface area contributed by atoms with E-state index < -0.39 is 29.2 Å². The van der Waals surface area contributed by atoms with Gasteiger partial charge in [-0.15, -0.1) is 0 Å². The van der Waals surface area contributed by atoms with Gasteiger partial charge in [0.15, 0.2) is 17.3 Å². The Labute approximate surface area is 230 Å². The van der Waals surface area contributed by atoms with Crippen molar-refractivity contribution in [2.75, 3.05) is 12.0 Å². The number of anilines is 1. The van der Waals surface area contributed by atoms with Crippen LogP contribution in [0.25, 0.3) is 6.08 Å². The Balaban J connectivity index is 1.52. The van der Waals surface area contributed by atoms with Gasteiger partial charge in [0, 0.05) is 28.3 Å². The maximum absolute atomic E-state index is 14.6. The first-order valence-electron chi connectivity index (χ1n) is 13.1. The first-order valence-corrected chi connectivity index (χ1v) is 13.1. The fraction of sp³-hybridized carbons (Fsp3) is 0.147. The Bertz CT molecular complexity index is 1690. The predicted molar refractivity (Wildman–Crippen MR) is 150 cm³/mol. The van der Waals surface area contributed by atoms with E-state index in [9.17, 15) is 18.8 Å². The third-order valence-electron chi connectivity index (χ3n) is 8.59. The van der Waals surface area contributed by atoms with Crippen LogP contribution >= 0.6 is 0 Å². The van der Waals surface area contributed by atoms with Crippen molar-refractivity contribution in [3.63, 3.8) is 0 Å². The number of nitrogens with zero attached hydrogens (tertiary/aromatic N) is 1. The molecule has 0 aromatic heterocycles. The topological polar surface area (TPSA) is 63.7 Å². The van der Waals surface area contributed by atoms with Crippen molar-refractivity contribution in [1.29, 1.82) is 0 Å². The first-order chi connectivity index (χ1) is 19.5. The Morgan fingerprint density at radius 1 is 0.825 bits per heavy atom. The van der Waals surface area contributed by atoms with Crippen LogP contribution in [0.2, 0.25) is 0 Å². The molecule has 7 rings (SSSR count). The van der Waals surface area contributed by atoms with Crippen LogP contribution in [0.4, 0.5) is 10.1 Å². The molecule has 1 unspecified atom stereocenters. The molecule has 0 radical (unpaired) electrons. The number of hydrogen-bond donors (Lipinski definition) is 0. The summed E-state index contributed by atoms with van der Waals surface area (Å²) in [6.45, 7) is 0. The molecule has 0 amide bonds. The summed E-state index contributed by atoms with van der Waals surface area (Å²) in [5.41, 5.74) is 1.73. The third-order valence-corrected chi connectivity index (χ3v) is 8.59. The van der Waals surface area contributed by atoms with Gasteiger partial charge in [-0.3, -0.25) is 14.4 Å². The maximum Gasteiger partial charge on any atom is 0.185 e. The lowest BCUT2D eigenvalue weighted by Gasteiger charge is -2.37. The molecule has 6 heteroatoms. The molecule has 0 saturated carbocycles. The molecule has 4 aromatic carbocycles. The van der Waals surface area contributed by atoms with Gasteiger partial charge in [-0.2, -0.15) is 0 Å². The lowest BCUT2D eigenvalue weighted by molar-refractivity contribution is 0.0666. The second kappa shape index (κ2) is 8.85. The Morgan fingerprint density at radius 3 is 2.10 bits per heavy atom.